The molecule has 1 saturated heterocycles. The Morgan fingerprint density at radius 1 is 1.43 bits per heavy atom. The molecule has 2 N–H and O–H groups in total. The van der Waals surface area contributed by atoms with Crippen molar-refractivity contribution in [3.63, 3.8) is 0 Å². The number of ether oxygens (including phenoxy) is 1. The summed E-state index contributed by atoms with van der Waals surface area (Å²) in [6.45, 7) is 3.28. The molecule has 3 heterocycles. The van der Waals surface area contributed by atoms with Crippen molar-refractivity contribution in [1.82, 2.24) is 30.0 Å². The first-order chi connectivity index (χ1) is 13.5. The second kappa shape index (κ2) is 8.79. The van der Waals surface area contributed by atoms with E-state index in [0.717, 1.165) is 11.3 Å². The van der Waals surface area contributed by atoms with Crippen molar-refractivity contribution in [2.75, 3.05) is 32.1 Å². The lowest BCUT2D eigenvalue weighted by Gasteiger charge is -2.28. The lowest BCUT2D eigenvalue weighted by atomic mass is 9.94. The van der Waals surface area contributed by atoms with Gasteiger partial charge in [-0.05, 0) is 13.0 Å². The molecule has 10 heteroatoms. The third kappa shape index (κ3) is 4.28. The number of aryl methyl sites for hydroxylation is 1. The molecule has 3 rings (SSSR count). The summed E-state index contributed by atoms with van der Waals surface area (Å²) in [5.74, 6) is 0.396. The number of nitrogens with zero attached hydrogens (tertiary/aromatic N) is 5. The minimum absolute atomic E-state index is 0.0494. The van der Waals surface area contributed by atoms with Crippen LogP contribution in [0.3, 0.4) is 0 Å². The van der Waals surface area contributed by atoms with E-state index in [4.69, 9.17) is 4.74 Å². The van der Waals surface area contributed by atoms with Gasteiger partial charge in [0, 0.05) is 57.0 Å². The van der Waals surface area contributed by atoms with Gasteiger partial charge in [-0.25, -0.2) is 14.8 Å². The van der Waals surface area contributed by atoms with Crippen molar-refractivity contribution >= 4 is 17.8 Å². The fraction of sp³-hybridized carbons (Fsp3) is 0.500. The largest absolute Gasteiger partial charge is 0.383 e. The maximum atomic E-state index is 12.6. The van der Waals surface area contributed by atoms with E-state index in [1.807, 2.05) is 18.9 Å². The Morgan fingerprint density at radius 2 is 2.25 bits per heavy atom. The summed E-state index contributed by atoms with van der Waals surface area (Å²) in [7, 11) is 3.49. The summed E-state index contributed by atoms with van der Waals surface area (Å²) >= 11 is 0. The normalized spacial score (nSPS) is 19.1. The monoisotopic (exact) mass is 387 g/mol. The predicted octanol–water partition coefficient (Wildman–Crippen LogP) is 0.876. The van der Waals surface area contributed by atoms with E-state index in [0.29, 0.717) is 31.9 Å². The summed E-state index contributed by atoms with van der Waals surface area (Å²) in [5, 5.41) is 9.82. The Balaban J connectivity index is 1.71. The van der Waals surface area contributed by atoms with Crippen molar-refractivity contribution in [2.45, 2.75) is 19.4 Å². The van der Waals surface area contributed by atoms with Crippen LogP contribution in [0.4, 0.5) is 10.6 Å². The Morgan fingerprint density at radius 3 is 2.89 bits per heavy atom. The predicted molar refractivity (Wildman–Crippen MR) is 101 cm³/mol. The second-order valence-corrected chi connectivity index (χ2v) is 6.73. The Labute approximate surface area is 163 Å². The molecular weight excluding hydrogens is 362 g/mol. The Hall–Kier alpha value is -3.01. The van der Waals surface area contributed by atoms with Crippen molar-refractivity contribution in [1.29, 1.82) is 0 Å². The first-order valence-corrected chi connectivity index (χ1v) is 9.09. The van der Waals surface area contributed by atoms with Crippen LogP contribution in [0.15, 0.2) is 24.8 Å². The van der Waals surface area contributed by atoms with E-state index in [1.54, 1.807) is 30.3 Å². The number of hydrogen-bond donors (Lipinski definition) is 2. The van der Waals surface area contributed by atoms with Gasteiger partial charge in [0.1, 0.15) is 12.1 Å². The van der Waals surface area contributed by atoms with Gasteiger partial charge in [0.15, 0.2) is 0 Å². The van der Waals surface area contributed by atoms with Crippen LogP contribution in [0.25, 0.3) is 0 Å². The lowest BCUT2D eigenvalue weighted by Crippen LogP contribution is -2.37. The molecule has 0 spiro atoms. The highest BCUT2D eigenvalue weighted by molar-refractivity contribution is 5.88. The highest BCUT2D eigenvalue weighted by Crippen LogP contribution is 2.38. The topological polar surface area (TPSA) is 114 Å². The SMILES string of the molecule is COCCN1C(=O)C[C@H](CNC(=O)Nc2ccncn2)[C@H]1c1cnn(C)c1C. The van der Waals surface area contributed by atoms with Crippen LogP contribution >= 0.6 is 0 Å². The molecule has 1 aliphatic heterocycles. The van der Waals surface area contributed by atoms with Crippen LogP contribution in [0.5, 0.6) is 0 Å². The number of hydrogen-bond acceptors (Lipinski definition) is 6. The number of likely N-dealkylation sites (tertiary alicyclic amines) is 1. The van der Waals surface area contributed by atoms with E-state index in [9.17, 15) is 9.59 Å². The Kier molecular flexibility index (Phi) is 6.19. The molecule has 2 aromatic heterocycles. The zero-order chi connectivity index (χ0) is 20.1. The fourth-order valence-electron chi connectivity index (χ4n) is 3.48. The maximum absolute atomic E-state index is 12.6. The van der Waals surface area contributed by atoms with Crippen LogP contribution < -0.4 is 10.6 Å². The van der Waals surface area contributed by atoms with Gasteiger partial charge in [0.25, 0.3) is 0 Å². The number of carbonyl (C=O) groups is 2. The zero-order valence-electron chi connectivity index (χ0n) is 16.3. The van der Waals surface area contributed by atoms with Gasteiger partial charge >= 0.3 is 6.03 Å². The number of urea groups is 1. The van der Waals surface area contributed by atoms with Crippen LogP contribution in [-0.2, 0) is 16.6 Å². The van der Waals surface area contributed by atoms with Gasteiger partial charge in [0.2, 0.25) is 5.91 Å². The minimum atomic E-state index is -0.372. The van der Waals surface area contributed by atoms with Crippen molar-refractivity contribution in [3.05, 3.63) is 36.0 Å². The summed E-state index contributed by atoms with van der Waals surface area (Å²) in [6.07, 6.45) is 5.07. The molecule has 0 saturated carbocycles. The first kappa shape index (κ1) is 19.7. The molecule has 3 amide bonds. The molecule has 150 valence electrons. The molecule has 0 aromatic carbocycles. The average Bonchev–Trinajstić information content (AvgIpc) is 3.18. The minimum Gasteiger partial charge on any atom is -0.383 e. The highest BCUT2D eigenvalue weighted by atomic mass is 16.5. The van der Waals surface area contributed by atoms with Gasteiger partial charge in [0.05, 0.1) is 18.8 Å². The number of nitrogens with one attached hydrogen (secondary N) is 2. The number of amides is 3. The van der Waals surface area contributed by atoms with Gasteiger partial charge in [-0.1, -0.05) is 0 Å². The maximum Gasteiger partial charge on any atom is 0.320 e. The number of carbonyl (C=O) groups excluding carboxylic acids is 2. The molecule has 2 aromatic rings. The van der Waals surface area contributed by atoms with Crippen molar-refractivity contribution < 1.29 is 14.3 Å². The van der Waals surface area contributed by atoms with E-state index in [-0.39, 0.29) is 23.9 Å². The van der Waals surface area contributed by atoms with E-state index in [2.05, 4.69) is 25.7 Å². The molecule has 0 aliphatic carbocycles. The third-order valence-corrected chi connectivity index (χ3v) is 5.02. The van der Waals surface area contributed by atoms with Crippen LogP contribution in [0, 0.1) is 12.8 Å². The molecular formula is C18H25N7O3. The van der Waals surface area contributed by atoms with Crippen LogP contribution in [0.1, 0.15) is 23.7 Å². The summed E-state index contributed by atoms with van der Waals surface area (Å²) in [5.41, 5.74) is 1.99. The van der Waals surface area contributed by atoms with Crippen LogP contribution in [0.2, 0.25) is 0 Å². The number of rotatable bonds is 7. The Bertz CT molecular complexity index is 824. The third-order valence-electron chi connectivity index (χ3n) is 5.02. The average molecular weight is 387 g/mol. The highest BCUT2D eigenvalue weighted by Gasteiger charge is 2.41. The molecule has 28 heavy (non-hydrogen) atoms. The fourth-order valence-corrected chi connectivity index (χ4v) is 3.48. The van der Waals surface area contributed by atoms with E-state index in [1.165, 1.54) is 6.33 Å². The van der Waals surface area contributed by atoms with Gasteiger partial charge in [-0.3, -0.25) is 14.8 Å². The second-order valence-electron chi connectivity index (χ2n) is 6.73. The number of anilines is 1. The standard InChI is InChI=1S/C18H25N7O3/c1-12-14(10-22-24(12)2)17-13(8-16(26)25(17)6-7-28-3)9-20-18(27)23-15-4-5-19-11-21-15/h4-5,10-11,13,17H,6-9H2,1-3H3,(H2,19,20,21,23,27)/t13-,17+/m1/s1. The molecule has 2 atom stereocenters. The molecule has 10 nitrogen and oxygen atoms in total. The smallest absolute Gasteiger partial charge is 0.320 e. The lowest BCUT2D eigenvalue weighted by molar-refractivity contribution is -0.129. The van der Waals surface area contributed by atoms with E-state index < -0.39 is 0 Å². The van der Waals surface area contributed by atoms with Gasteiger partial charge in [-0.15, -0.1) is 0 Å². The summed E-state index contributed by atoms with van der Waals surface area (Å²) in [4.78, 5) is 34.4. The molecule has 0 radical (unpaired) electrons. The molecule has 0 bridgehead atoms. The van der Waals surface area contributed by atoms with Gasteiger partial charge < -0.3 is 15.0 Å². The zero-order valence-corrected chi connectivity index (χ0v) is 16.3. The number of aromatic nitrogens is 4. The van der Waals surface area contributed by atoms with Crippen LogP contribution in [-0.4, -0.2) is 63.4 Å². The molecule has 0 unspecified atom stereocenters. The number of methoxy groups -OCH3 is 1. The van der Waals surface area contributed by atoms with E-state index >= 15 is 0 Å². The summed E-state index contributed by atoms with van der Waals surface area (Å²) < 4.78 is 6.96. The molecule has 1 aliphatic rings. The van der Waals surface area contributed by atoms with Crippen molar-refractivity contribution in [2.24, 2.45) is 13.0 Å². The van der Waals surface area contributed by atoms with Crippen molar-refractivity contribution in [3.8, 4) is 0 Å². The molecule has 1 fully saturated rings. The first-order valence-electron chi connectivity index (χ1n) is 9.09. The van der Waals surface area contributed by atoms with Gasteiger partial charge in [-0.2, -0.15) is 5.10 Å². The quantitative estimate of drug-likeness (QED) is 0.729. The summed E-state index contributed by atoms with van der Waals surface area (Å²) in [6, 6.07) is 1.08.